The maximum Gasteiger partial charge on any atom is 0.326 e. The number of carbonyl (C=O) groups is 1. The van der Waals surface area contributed by atoms with E-state index in [1.54, 1.807) is 6.07 Å². The van der Waals surface area contributed by atoms with Gasteiger partial charge in [0.15, 0.2) is 0 Å². The number of anilines is 1. The van der Waals surface area contributed by atoms with E-state index in [0.29, 0.717) is 18.9 Å². The second-order valence-corrected chi connectivity index (χ2v) is 3.24. The van der Waals surface area contributed by atoms with Gasteiger partial charge in [-0.3, -0.25) is 0 Å². The van der Waals surface area contributed by atoms with Crippen LogP contribution < -0.4 is 10.1 Å². The first kappa shape index (κ1) is 13.2. The van der Waals surface area contributed by atoms with Crippen molar-refractivity contribution in [1.82, 2.24) is 9.97 Å². The van der Waals surface area contributed by atoms with Crippen LogP contribution in [0.4, 0.5) is 5.95 Å². The number of ether oxygens (including phenoxy) is 2. The molecule has 0 aliphatic heterocycles. The lowest BCUT2D eigenvalue weighted by Gasteiger charge is -2.13. The van der Waals surface area contributed by atoms with E-state index in [4.69, 9.17) is 14.6 Å². The molecule has 94 valence electrons. The molecule has 2 N–H and O–H groups in total. The van der Waals surface area contributed by atoms with E-state index < -0.39 is 12.0 Å². The highest BCUT2D eigenvalue weighted by Crippen LogP contribution is 2.09. The first-order chi connectivity index (χ1) is 8.17. The minimum absolute atomic E-state index is 0.216. The highest BCUT2D eigenvalue weighted by atomic mass is 16.5. The van der Waals surface area contributed by atoms with Crippen molar-refractivity contribution < 1.29 is 19.4 Å². The lowest BCUT2D eigenvalue weighted by molar-refractivity contribution is -0.138. The Hall–Kier alpha value is -1.89. The van der Waals surface area contributed by atoms with Crippen LogP contribution >= 0.6 is 0 Å². The Balaban J connectivity index is 2.67. The van der Waals surface area contributed by atoms with E-state index in [2.05, 4.69) is 15.3 Å². The highest BCUT2D eigenvalue weighted by Gasteiger charge is 2.17. The number of carboxylic acid groups (broad SMARTS) is 1. The summed E-state index contributed by atoms with van der Waals surface area (Å²) in [7, 11) is 2.99. The molecule has 0 fully saturated rings. The molecule has 0 aromatic carbocycles. The lowest BCUT2D eigenvalue weighted by atomic mass is 10.2. The van der Waals surface area contributed by atoms with Crippen molar-refractivity contribution in [2.75, 3.05) is 26.1 Å². The molecule has 17 heavy (non-hydrogen) atoms. The third-order valence-electron chi connectivity index (χ3n) is 2.05. The predicted molar refractivity (Wildman–Crippen MR) is 60.1 cm³/mol. The van der Waals surface area contributed by atoms with Gasteiger partial charge in [-0.2, -0.15) is 4.98 Å². The van der Waals surface area contributed by atoms with E-state index >= 15 is 0 Å². The van der Waals surface area contributed by atoms with Crippen LogP contribution in [0.25, 0.3) is 0 Å². The summed E-state index contributed by atoms with van der Waals surface area (Å²) in [5, 5.41) is 11.7. The monoisotopic (exact) mass is 241 g/mol. The van der Waals surface area contributed by atoms with Gasteiger partial charge in [-0.05, 0) is 0 Å². The predicted octanol–water partition coefficient (Wildman–Crippen LogP) is 0.387. The molecule has 0 saturated heterocycles. The quantitative estimate of drug-likeness (QED) is 0.713. The number of carboxylic acids is 1. The SMILES string of the molecule is COCCC(Nc1nccc(OC)n1)C(=O)O. The van der Waals surface area contributed by atoms with E-state index in [1.165, 1.54) is 20.4 Å². The maximum absolute atomic E-state index is 11.0. The fraction of sp³-hybridized carbons (Fsp3) is 0.500. The molecule has 1 heterocycles. The molecule has 1 aromatic heterocycles. The standard InChI is InChI=1S/C10H15N3O4/c1-16-6-4-7(9(14)15)12-10-11-5-3-8(13-10)17-2/h3,5,7H,4,6H2,1-2H3,(H,14,15)(H,11,12,13). The van der Waals surface area contributed by atoms with Crippen LogP contribution in [0, 0.1) is 0 Å². The molecule has 0 bridgehead atoms. The molecule has 0 amide bonds. The van der Waals surface area contributed by atoms with E-state index in [1.807, 2.05) is 0 Å². The average molecular weight is 241 g/mol. The second kappa shape index (κ2) is 6.64. The van der Waals surface area contributed by atoms with Gasteiger partial charge in [-0.15, -0.1) is 0 Å². The zero-order chi connectivity index (χ0) is 12.7. The Bertz CT molecular complexity index is 372. The third kappa shape index (κ3) is 4.23. The van der Waals surface area contributed by atoms with Crippen LogP contribution in [0.3, 0.4) is 0 Å². The molecule has 7 heteroatoms. The Kier molecular flexibility index (Phi) is 5.15. The summed E-state index contributed by atoms with van der Waals surface area (Å²) in [6, 6.07) is 0.790. The summed E-state index contributed by atoms with van der Waals surface area (Å²) < 4.78 is 9.75. The Morgan fingerprint density at radius 1 is 1.59 bits per heavy atom. The van der Waals surface area contributed by atoms with Crippen molar-refractivity contribution in [2.24, 2.45) is 0 Å². The number of hydrogen-bond donors (Lipinski definition) is 2. The first-order valence-electron chi connectivity index (χ1n) is 5.02. The van der Waals surface area contributed by atoms with Crippen molar-refractivity contribution >= 4 is 11.9 Å². The molecule has 1 aromatic rings. The summed E-state index contributed by atoms with van der Waals surface area (Å²) >= 11 is 0. The molecule has 0 aliphatic rings. The normalized spacial score (nSPS) is 11.9. The van der Waals surface area contributed by atoms with Gasteiger partial charge in [0.1, 0.15) is 6.04 Å². The van der Waals surface area contributed by atoms with Crippen LogP contribution in [0.2, 0.25) is 0 Å². The summed E-state index contributed by atoms with van der Waals surface area (Å²) in [6.45, 7) is 0.341. The Labute approximate surface area is 98.8 Å². The van der Waals surface area contributed by atoms with Crippen molar-refractivity contribution in [2.45, 2.75) is 12.5 Å². The van der Waals surface area contributed by atoms with Gasteiger partial charge in [0.05, 0.1) is 7.11 Å². The highest BCUT2D eigenvalue weighted by molar-refractivity contribution is 5.76. The molecule has 0 spiro atoms. The summed E-state index contributed by atoms with van der Waals surface area (Å²) in [5.41, 5.74) is 0. The van der Waals surface area contributed by atoms with E-state index in [9.17, 15) is 4.79 Å². The van der Waals surface area contributed by atoms with E-state index in [-0.39, 0.29) is 5.95 Å². The zero-order valence-corrected chi connectivity index (χ0v) is 9.71. The second-order valence-electron chi connectivity index (χ2n) is 3.24. The molecule has 0 aliphatic carbocycles. The topological polar surface area (TPSA) is 93.6 Å². The summed E-state index contributed by atoms with van der Waals surface area (Å²) in [4.78, 5) is 18.8. The first-order valence-corrected chi connectivity index (χ1v) is 5.02. The molecule has 1 unspecified atom stereocenters. The molecule has 0 radical (unpaired) electrons. The van der Waals surface area contributed by atoms with Gasteiger partial charge >= 0.3 is 5.97 Å². The van der Waals surface area contributed by atoms with Crippen molar-refractivity contribution in [1.29, 1.82) is 0 Å². The van der Waals surface area contributed by atoms with Gasteiger partial charge in [0.2, 0.25) is 11.8 Å². The number of rotatable bonds is 7. The number of methoxy groups -OCH3 is 2. The number of hydrogen-bond acceptors (Lipinski definition) is 6. The average Bonchev–Trinajstić information content (AvgIpc) is 2.34. The zero-order valence-electron chi connectivity index (χ0n) is 9.71. The van der Waals surface area contributed by atoms with Gasteiger partial charge < -0.3 is 19.9 Å². The van der Waals surface area contributed by atoms with Gasteiger partial charge in [0.25, 0.3) is 0 Å². The van der Waals surface area contributed by atoms with Gasteiger partial charge in [-0.1, -0.05) is 0 Å². The van der Waals surface area contributed by atoms with Crippen molar-refractivity contribution in [3.63, 3.8) is 0 Å². The number of nitrogens with zero attached hydrogens (tertiary/aromatic N) is 2. The molecule has 7 nitrogen and oxygen atoms in total. The lowest BCUT2D eigenvalue weighted by Crippen LogP contribution is -2.31. The van der Waals surface area contributed by atoms with Crippen LogP contribution in [-0.4, -0.2) is 47.9 Å². The largest absolute Gasteiger partial charge is 0.481 e. The molecule has 0 saturated carbocycles. The van der Waals surface area contributed by atoms with Crippen molar-refractivity contribution in [3.05, 3.63) is 12.3 Å². The molecular formula is C10H15N3O4. The number of nitrogens with one attached hydrogen (secondary N) is 1. The molecular weight excluding hydrogens is 226 g/mol. The van der Waals surface area contributed by atoms with E-state index in [0.717, 1.165) is 0 Å². The summed E-state index contributed by atoms with van der Waals surface area (Å²) in [5.74, 6) is -0.389. The third-order valence-corrected chi connectivity index (χ3v) is 2.05. The fourth-order valence-corrected chi connectivity index (χ4v) is 1.17. The number of aromatic nitrogens is 2. The smallest absolute Gasteiger partial charge is 0.326 e. The van der Waals surface area contributed by atoms with Crippen LogP contribution in [0.5, 0.6) is 5.88 Å². The van der Waals surface area contributed by atoms with Crippen LogP contribution in [0.1, 0.15) is 6.42 Å². The Morgan fingerprint density at radius 3 is 2.94 bits per heavy atom. The maximum atomic E-state index is 11.0. The van der Waals surface area contributed by atoms with Crippen LogP contribution in [0.15, 0.2) is 12.3 Å². The van der Waals surface area contributed by atoms with Gasteiger partial charge in [0, 0.05) is 32.4 Å². The van der Waals surface area contributed by atoms with Crippen LogP contribution in [-0.2, 0) is 9.53 Å². The molecule has 1 rings (SSSR count). The number of aliphatic carboxylic acids is 1. The Morgan fingerprint density at radius 2 is 2.35 bits per heavy atom. The van der Waals surface area contributed by atoms with Crippen molar-refractivity contribution in [3.8, 4) is 5.88 Å². The van der Waals surface area contributed by atoms with Gasteiger partial charge in [-0.25, -0.2) is 9.78 Å². The fourth-order valence-electron chi connectivity index (χ4n) is 1.17. The summed E-state index contributed by atoms with van der Waals surface area (Å²) in [6.07, 6.45) is 1.82. The molecule has 1 atom stereocenters. The minimum Gasteiger partial charge on any atom is -0.481 e. The minimum atomic E-state index is -0.978.